The minimum absolute atomic E-state index is 0.140. The summed E-state index contributed by atoms with van der Waals surface area (Å²) in [6.45, 7) is 0. The highest BCUT2D eigenvalue weighted by atomic mass is 16.5. The highest BCUT2D eigenvalue weighted by Crippen LogP contribution is 2.53. The van der Waals surface area contributed by atoms with E-state index >= 15 is 0 Å². The molecular formula is C24H26N2O5. The molecule has 2 aromatic carbocycles. The van der Waals surface area contributed by atoms with E-state index in [1.807, 2.05) is 24.3 Å². The average molecular weight is 422 g/mol. The van der Waals surface area contributed by atoms with Gasteiger partial charge in [0.15, 0.2) is 0 Å². The van der Waals surface area contributed by atoms with Crippen LogP contribution in [0, 0.1) is 5.92 Å². The molecule has 1 amide bonds. The van der Waals surface area contributed by atoms with Gasteiger partial charge in [0, 0.05) is 29.6 Å². The van der Waals surface area contributed by atoms with Crippen molar-refractivity contribution in [2.75, 3.05) is 12.0 Å². The number of amides is 1. The van der Waals surface area contributed by atoms with Gasteiger partial charge in [-0.3, -0.25) is 9.59 Å². The lowest BCUT2D eigenvalue weighted by atomic mass is 9.66. The second-order valence-electron chi connectivity index (χ2n) is 8.32. The number of nitrogens with zero attached hydrogens (tertiary/aromatic N) is 1. The Bertz CT molecular complexity index is 1010. The SMILES string of the molecule is COc1ccc(C(=O)N2c3ccccc3C(C(N)(CC=O)C(=O)O)C3CCCC32)cc1. The number of carbonyl (C=O) groups excluding carboxylic acids is 2. The van der Waals surface area contributed by atoms with E-state index in [0.29, 0.717) is 28.8 Å². The number of para-hydroxylation sites is 1. The van der Waals surface area contributed by atoms with E-state index < -0.39 is 17.4 Å². The number of carboxylic acid groups (broad SMARTS) is 1. The third-order valence-corrected chi connectivity index (χ3v) is 6.75. The number of carboxylic acids is 1. The van der Waals surface area contributed by atoms with E-state index in [-0.39, 0.29) is 24.3 Å². The molecule has 4 rings (SSSR count). The minimum atomic E-state index is -1.72. The first kappa shape index (κ1) is 21.1. The molecule has 0 aromatic heterocycles. The van der Waals surface area contributed by atoms with E-state index in [9.17, 15) is 19.5 Å². The molecule has 1 saturated carbocycles. The molecule has 2 aromatic rings. The lowest BCUT2D eigenvalue weighted by Gasteiger charge is -2.48. The lowest BCUT2D eigenvalue weighted by molar-refractivity contribution is -0.146. The van der Waals surface area contributed by atoms with Crippen LogP contribution in [0.5, 0.6) is 5.75 Å². The molecule has 0 bridgehead atoms. The van der Waals surface area contributed by atoms with Crippen molar-refractivity contribution in [1.82, 2.24) is 0 Å². The van der Waals surface area contributed by atoms with Gasteiger partial charge < -0.3 is 25.3 Å². The Kier molecular flexibility index (Phi) is 5.54. The Labute approximate surface area is 180 Å². The van der Waals surface area contributed by atoms with Gasteiger partial charge in [0.1, 0.15) is 17.6 Å². The highest BCUT2D eigenvalue weighted by molar-refractivity contribution is 6.07. The smallest absolute Gasteiger partial charge is 0.324 e. The summed E-state index contributed by atoms with van der Waals surface area (Å²) in [5, 5.41) is 9.99. The Balaban J connectivity index is 1.84. The number of anilines is 1. The summed E-state index contributed by atoms with van der Waals surface area (Å²) >= 11 is 0. The summed E-state index contributed by atoms with van der Waals surface area (Å²) in [7, 11) is 1.57. The Morgan fingerprint density at radius 3 is 2.55 bits per heavy atom. The number of aliphatic carboxylic acids is 1. The number of rotatable bonds is 6. The van der Waals surface area contributed by atoms with Gasteiger partial charge in [-0.25, -0.2) is 0 Å². The van der Waals surface area contributed by atoms with Crippen molar-refractivity contribution in [3.63, 3.8) is 0 Å². The summed E-state index contributed by atoms with van der Waals surface area (Å²) in [5.74, 6) is -1.37. The molecule has 0 radical (unpaired) electrons. The predicted molar refractivity (Wildman–Crippen MR) is 115 cm³/mol. The molecule has 7 heteroatoms. The van der Waals surface area contributed by atoms with Crippen LogP contribution in [-0.4, -0.2) is 42.0 Å². The number of carbonyl (C=O) groups is 3. The van der Waals surface area contributed by atoms with Crippen molar-refractivity contribution in [3.05, 3.63) is 59.7 Å². The van der Waals surface area contributed by atoms with Crippen molar-refractivity contribution < 1.29 is 24.2 Å². The van der Waals surface area contributed by atoms with Crippen LogP contribution in [0.2, 0.25) is 0 Å². The Morgan fingerprint density at radius 1 is 1.19 bits per heavy atom. The fourth-order valence-electron chi connectivity index (χ4n) is 5.34. The summed E-state index contributed by atoms with van der Waals surface area (Å²) < 4.78 is 5.19. The first-order chi connectivity index (χ1) is 14.9. The average Bonchev–Trinajstić information content (AvgIpc) is 3.25. The molecule has 0 saturated heterocycles. The van der Waals surface area contributed by atoms with Gasteiger partial charge in [0.25, 0.3) is 5.91 Å². The van der Waals surface area contributed by atoms with E-state index in [1.165, 1.54) is 0 Å². The zero-order valence-electron chi connectivity index (χ0n) is 17.4. The maximum atomic E-state index is 13.6. The fourth-order valence-corrected chi connectivity index (χ4v) is 5.34. The molecule has 1 heterocycles. The van der Waals surface area contributed by atoms with Gasteiger partial charge in [-0.2, -0.15) is 0 Å². The number of ether oxygens (including phenoxy) is 1. The van der Waals surface area contributed by atoms with E-state index in [2.05, 4.69) is 0 Å². The molecule has 4 atom stereocenters. The summed E-state index contributed by atoms with van der Waals surface area (Å²) in [6.07, 6.45) is 2.67. The number of fused-ring (bicyclic) bond motifs is 2. The third kappa shape index (κ3) is 3.39. The van der Waals surface area contributed by atoms with Crippen molar-refractivity contribution in [1.29, 1.82) is 0 Å². The van der Waals surface area contributed by atoms with E-state index in [0.717, 1.165) is 19.3 Å². The minimum Gasteiger partial charge on any atom is -0.497 e. The largest absolute Gasteiger partial charge is 0.497 e. The van der Waals surface area contributed by atoms with Crippen LogP contribution in [-0.2, 0) is 9.59 Å². The molecule has 1 aliphatic carbocycles. The predicted octanol–water partition coefficient (Wildman–Crippen LogP) is 2.98. The highest BCUT2D eigenvalue weighted by Gasteiger charge is 2.55. The molecule has 0 spiro atoms. The van der Waals surface area contributed by atoms with Crippen molar-refractivity contribution in [2.24, 2.45) is 11.7 Å². The number of benzene rings is 2. The molecule has 2 aliphatic rings. The van der Waals surface area contributed by atoms with Crippen LogP contribution in [0.4, 0.5) is 5.69 Å². The topological polar surface area (TPSA) is 110 Å². The van der Waals surface area contributed by atoms with Gasteiger partial charge in [0.2, 0.25) is 0 Å². The molecule has 31 heavy (non-hydrogen) atoms. The second-order valence-corrected chi connectivity index (χ2v) is 8.32. The van der Waals surface area contributed by atoms with Gasteiger partial charge in [-0.05, 0) is 54.7 Å². The number of hydrogen-bond acceptors (Lipinski definition) is 5. The van der Waals surface area contributed by atoms with Gasteiger partial charge >= 0.3 is 5.97 Å². The van der Waals surface area contributed by atoms with Crippen LogP contribution < -0.4 is 15.4 Å². The Morgan fingerprint density at radius 2 is 1.90 bits per heavy atom. The van der Waals surface area contributed by atoms with Gasteiger partial charge in [-0.15, -0.1) is 0 Å². The standard InChI is InChI=1S/C24H26N2O5/c1-31-16-11-9-15(10-12-16)22(28)26-19-7-3-2-5-17(19)21(18-6-4-8-20(18)26)24(25,13-14-27)23(29)30/h2-3,5,7,9-12,14,18,20-21H,4,6,8,13,25H2,1H3,(H,29,30). The quantitative estimate of drug-likeness (QED) is 0.693. The van der Waals surface area contributed by atoms with Crippen LogP contribution in [0.15, 0.2) is 48.5 Å². The summed E-state index contributed by atoms with van der Waals surface area (Å²) in [5.41, 5.74) is 6.60. The fraction of sp³-hybridized carbons (Fsp3) is 0.375. The molecule has 162 valence electrons. The van der Waals surface area contributed by atoms with Crippen molar-refractivity contribution >= 4 is 23.9 Å². The molecule has 1 fully saturated rings. The van der Waals surface area contributed by atoms with Gasteiger partial charge in [-0.1, -0.05) is 24.6 Å². The van der Waals surface area contributed by atoms with Crippen LogP contribution in [0.1, 0.15) is 47.5 Å². The Hall–Kier alpha value is -3.19. The number of nitrogens with two attached hydrogens (primary N) is 1. The van der Waals surface area contributed by atoms with Crippen molar-refractivity contribution in [3.8, 4) is 5.75 Å². The van der Waals surface area contributed by atoms with Gasteiger partial charge in [0.05, 0.1) is 7.11 Å². The number of aldehydes is 1. The molecule has 7 nitrogen and oxygen atoms in total. The van der Waals surface area contributed by atoms with E-state index in [1.54, 1.807) is 36.3 Å². The first-order valence-corrected chi connectivity index (χ1v) is 10.4. The summed E-state index contributed by atoms with van der Waals surface area (Å²) in [4.78, 5) is 39.0. The lowest BCUT2D eigenvalue weighted by Crippen LogP contribution is -2.60. The third-order valence-electron chi connectivity index (χ3n) is 6.75. The summed E-state index contributed by atoms with van der Waals surface area (Å²) in [6, 6.07) is 14.1. The normalized spacial score (nSPS) is 23.9. The first-order valence-electron chi connectivity index (χ1n) is 10.4. The molecule has 1 aliphatic heterocycles. The monoisotopic (exact) mass is 422 g/mol. The van der Waals surface area contributed by atoms with Crippen LogP contribution >= 0.6 is 0 Å². The van der Waals surface area contributed by atoms with Crippen molar-refractivity contribution in [2.45, 2.75) is 43.2 Å². The molecular weight excluding hydrogens is 396 g/mol. The number of hydrogen-bond donors (Lipinski definition) is 2. The van der Waals surface area contributed by atoms with Crippen LogP contribution in [0.3, 0.4) is 0 Å². The molecule has 3 N–H and O–H groups in total. The van der Waals surface area contributed by atoms with Crippen LogP contribution in [0.25, 0.3) is 0 Å². The molecule has 4 unspecified atom stereocenters. The number of methoxy groups -OCH3 is 1. The zero-order valence-corrected chi connectivity index (χ0v) is 17.4. The zero-order chi connectivity index (χ0) is 22.2. The van der Waals surface area contributed by atoms with E-state index in [4.69, 9.17) is 10.5 Å². The maximum Gasteiger partial charge on any atom is 0.324 e. The second kappa shape index (κ2) is 8.15. The maximum absolute atomic E-state index is 13.6.